The molecule has 0 atom stereocenters. The van der Waals surface area contributed by atoms with Crippen molar-refractivity contribution in [2.75, 3.05) is 12.0 Å². The Morgan fingerprint density at radius 3 is 1.94 bits per heavy atom. The Morgan fingerprint density at radius 1 is 1.06 bits per heavy atom. The fourth-order valence-corrected chi connectivity index (χ4v) is 1.88. The molecule has 0 fully saturated rings. The highest BCUT2D eigenvalue weighted by Crippen LogP contribution is 2.21. The first-order chi connectivity index (χ1) is 6.91. The SMILES string of the molecule is CS(=O)(=O)OOS(=O)(=O)CCCC(F)(F)F. The summed E-state index contributed by atoms with van der Waals surface area (Å²) in [7, 11) is -8.57. The largest absolute Gasteiger partial charge is 0.389 e. The van der Waals surface area contributed by atoms with Gasteiger partial charge in [-0.2, -0.15) is 30.0 Å². The molecule has 0 bridgehead atoms. The Labute approximate surface area is 90.5 Å². The quantitative estimate of drug-likeness (QED) is 0.524. The number of alkyl halides is 3. The van der Waals surface area contributed by atoms with Crippen LogP contribution in [0.5, 0.6) is 0 Å². The number of halogens is 3. The third kappa shape index (κ3) is 10.1. The normalized spacial score (nSPS) is 14.0. The Bertz CT molecular complexity index is 408. The lowest BCUT2D eigenvalue weighted by molar-refractivity contribution is -0.134. The van der Waals surface area contributed by atoms with Crippen LogP contribution in [0.4, 0.5) is 13.2 Å². The van der Waals surface area contributed by atoms with Crippen molar-refractivity contribution in [2.45, 2.75) is 19.0 Å². The lowest BCUT2D eigenvalue weighted by atomic mass is 10.3. The topological polar surface area (TPSA) is 86.7 Å². The van der Waals surface area contributed by atoms with Gasteiger partial charge in [-0.1, -0.05) is 8.67 Å². The van der Waals surface area contributed by atoms with Gasteiger partial charge in [0.15, 0.2) is 0 Å². The van der Waals surface area contributed by atoms with Gasteiger partial charge >= 0.3 is 6.18 Å². The van der Waals surface area contributed by atoms with E-state index < -0.39 is 45.0 Å². The fraction of sp³-hybridized carbons (Fsp3) is 1.00. The van der Waals surface area contributed by atoms with Crippen LogP contribution in [0.15, 0.2) is 0 Å². The van der Waals surface area contributed by atoms with E-state index in [-0.39, 0.29) is 0 Å². The summed E-state index contributed by atoms with van der Waals surface area (Å²) in [5.41, 5.74) is 0. The summed E-state index contributed by atoms with van der Waals surface area (Å²) < 4.78 is 84.1. The van der Waals surface area contributed by atoms with Gasteiger partial charge in [0.1, 0.15) is 0 Å². The van der Waals surface area contributed by atoms with E-state index in [0.717, 1.165) is 0 Å². The van der Waals surface area contributed by atoms with Crippen LogP contribution >= 0.6 is 0 Å². The van der Waals surface area contributed by atoms with E-state index in [1.54, 1.807) is 0 Å². The molecule has 0 aromatic rings. The monoisotopic (exact) mass is 286 g/mol. The summed E-state index contributed by atoms with van der Waals surface area (Å²) in [6.07, 6.45) is -6.00. The molecule has 0 aliphatic heterocycles. The zero-order valence-electron chi connectivity index (χ0n) is 8.02. The molecule has 0 saturated carbocycles. The predicted molar refractivity (Wildman–Crippen MR) is 46.1 cm³/mol. The minimum absolute atomic E-state index is 0.526. The van der Waals surface area contributed by atoms with Crippen LogP contribution in [-0.4, -0.2) is 35.0 Å². The third-order valence-corrected chi connectivity index (χ3v) is 2.58. The van der Waals surface area contributed by atoms with E-state index >= 15 is 0 Å². The third-order valence-electron chi connectivity index (χ3n) is 1.11. The van der Waals surface area contributed by atoms with Crippen LogP contribution in [0, 0.1) is 0 Å². The van der Waals surface area contributed by atoms with Gasteiger partial charge in [0.25, 0.3) is 20.2 Å². The van der Waals surface area contributed by atoms with E-state index in [4.69, 9.17) is 0 Å². The second-order valence-electron chi connectivity index (χ2n) is 2.82. The molecule has 98 valence electrons. The highest BCUT2D eigenvalue weighted by atomic mass is 32.2. The highest BCUT2D eigenvalue weighted by Gasteiger charge is 2.28. The standard InChI is InChI=1S/C5H9F3O6S2/c1-15(9,10)13-14-16(11,12)4-2-3-5(6,7)8/h2-4H2,1H3. The lowest BCUT2D eigenvalue weighted by Crippen LogP contribution is -2.16. The molecule has 0 spiro atoms. The second kappa shape index (κ2) is 5.29. The fourth-order valence-electron chi connectivity index (χ4n) is 0.576. The molecule has 0 heterocycles. The van der Waals surface area contributed by atoms with Crippen LogP contribution in [-0.2, 0) is 28.9 Å². The van der Waals surface area contributed by atoms with Crippen molar-refractivity contribution in [1.29, 1.82) is 0 Å². The zero-order valence-corrected chi connectivity index (χ0v) is 9.65. The zero-order chi connectivity index (χ0) is 13.0. The van der Waals surface area contributed by atoms with Crippen LogP contribution in [0.3, 0.4) is 0 Å². The molecule has 0 aromatic heterocycles. The minimum atomic E-state index is -4.48. The molecule has 0 saturated heterocycles. The number of rotatable bonds is 6. The minimum Gasteiger partial charge on any atom is -0.197 e. The van der Waals surface area contributed by atoms with Crippen molar-refractivity contribution in [3.05, 3.63) is 0 Å². The van der Waals surface area contributed by atoms with E-state index in [9.17, 15) is 30.0 Å². The van der Waals surface area contributed by atoms with E-state index in [1.807, 2.05) is 0 Å². The summed E-state index contributed by atoms with van der Waals surface area (Å²) in [6.45, 7) is 0. The van der Waals surface area contributed by atoms with Crippen molar-refractivity contribution >= 4 is 20.2 Å². The molecule has 6 nitrogen and oxygen atoms in total. The van der Waals surface area contributed by atoms with Crippen molar-refractivity contribution in [3.63, 3.8) is 0 Å². The summed E-state index contributed by atoms with van der Waals surface area (Å²) in [5, 5.41) is 0. The first-order valence-corrected chi connectivity index (χ1v) is 7.18. The van der Waals surface area contributed by atoms with E-state index in [2.05, 4.69) is 8.67 Å². The molecule has 0 aromatic carbocycles. The van der Waals surface area contributed by atoms with Crippen molar-refractivity contribution in [1.82, 2.24) is 0 Å². The van der Waals surface area contributed by atoms with Crippen molar-refractivity contribution in [2.24, 2.45) is 0 Å². The summed E-state index contributed by atoms with van der Waals surface area (Å²) in [6, 6.07) is 0. The Kier molecular flexibility index (Phi) is 5.16. The first-order valence-electron chi connectivity index (χ1n) is 3.78. The maximum absolute atomic E-state index is 11.6. The molecule has 0 unspecified atom stereocenters. The molecule has 16 heavy (non-hydrogen) atoms. The average Bonchev–Trinajstić information content (AvgIpc) is 1.97. The average molecular weight is 286 g/mol. The van der Waals surface area contributed by atoms with Crippen LogP contribution in [0.1, 0.15) is 12.8 Å². The molecule has 0 aliphatic carbocycles. The predicted octanol–water partition coefficient (Wildman–Crippen LogP) is 0.567. The van der Waals surface area contributed by atoms with Gasteiger partial charge in [-0.3, -0.25) is 0 Å². The second-order valence-corrected chi connectivity index (χ2v) is 6.02. The molecule has 0 aliphatic rings. The van der Waals surface area contributed by atoms with E-state index in [1.165, 1.54) is 0 Å². The van der Waals surface area contributed by atoms with Crippen LogP contribution in [0.2, 0.25) is 0 Å². The van der Waals surface area contributed by atoms with Crippen LogP contribution < -0.4 is 0 Å². The van der Waals surface area contributed by atoms with Gasteiger partial charge in [-0.15, -0.1) is 0 Å². The van der Waals surface area contributed by atoms with Gasteiger partial charge in [0, 0.05) is 6.42 Å². The Balaban J connectivity index is 4.08. The van der Waals surface area contributed by atoms with Gasteiger partial charge in [0.05, 0.1) is 12.0 Å². The molecular formula is C5H9F3O6S2. The number of hydrogen-bond donors (Lipinski definition) is 0. The Hall–Kier alpha value is -0.390. The van der Waals surface area contributed by atoms with Gasteiger partial charge in [0.2, 0.25) is 0 Å². The smallest absolute Gasteiger partial charge is 0.197 e. The summed E-state index contributed by atoms with van der Waals surface area (Å²) >= 11 is 0. The van der Waals surface area contributed by atoms with Gasteiger partial charge in [-0.05, 0) is 6.42 Å². The molecule has 0 amide bonds. The van der Waals surface area contributed by atoms with Crippen molar-refractivity contribution < 1.29 is 38.7 Å². The van der Waals surface area contributed by atoms with Gasteiger partial charge in [-0.25, -0.2) is 0 Å². The first kappa shape index (κ1) is 15.6. The van der Waals surface area contributed by atoms with E-state index in [0.29, 0.717) is 6.26 Å². The summed E-state index contributed by atoms with van der Waals surface area (Å²) in [5.74, 6) is -0.984. The van der Waals surface area contributed by atoms with Crippen LogP contribution in [0.25, 0.3) is 0 Å². The molecule has 0 radical (unpaired) electrons. The van der Waals surface area contributed by atoms with Gasteiger partial charge < -0.3 is 0 Å². The maximum Gasteiger partial charge on any atom is 0.389 e. The van der Waals surface area contributed by atoms with Crippen molar-refractivity contribution in [3.8, 4) is 0 Å². The summed E-state index contributed by atoms with van der Waals surface area (Å²) in [4.78, 5) is 0. The lowest BCUT2D eigenvalue weighted by Gasteiger charge is -2.05. The number of hydrogen-bond acceptors (Lipinski definition) is 6. The maximum atomic E-state index is 11.6. The molecule has 11 heteroatoms. The molecule has 0 rings (SSSR count). The Morgan fingerprint density at radius 2 is 1.56 bits per heavy atom. The highest BCUT2D eigenvalue weighted by molar-refractivity contribution is 7.88. The molecular weight excluding hydrogens is 277 g/mol. The molecule has 0 N–H and O–H groups in total.